The van der Waals surface area contributed by atoms with Crippen LogP contribution in [0.1, 0.15) is 46.7 Å². The Kier molecular flexibility index (Phi) is 4.10. The van der Waals surface area contributed by atoms with Gasteiger partial charge in [-0.15, -0.1) is 0 Å². The number of benzene rings is 1. The molecule has 0 bridgehead atoms. The van der Waals surface area contributed by atoms with Crippen LogP contribution in [-0.4, -0.2) is 33.9 Å². The number of H-pyrrole nitrogens is 1. The summed E-state index contributed by atoms with van der Waals surface area (Å²) in [5, 5.41) is 0.130. The fourth-order valence-electron chi connectivity index (χ4n) is 4.22. The van der Waals surface area contributed by atoms with Crippen molar-refractivity contribution in [3.05, 3.63) is 62.0 Å². The third-order valence-electron chi connectivity index (χ3n) is 5.66. The maximum atomic E-state index is 13.2. The molecule has 2 heterocycles. The van der Waals surface area contributed by atoms with E-state index < -0.39 is 5.82 Å². The summed E-state index contributed by atoms with van der Waals surface area (Å²) in [6.07, 6.45) is 3.15. The largest absolute Gasteiger partial charge is 0.339 e. The molecule has 5 nitrogen and oxygen atoms in total. The van der Waals surface area contributed by atoms with Gasteiger partial charge >= 0.3 is 0 Å². The minimum atomic E-state index is -0.460. The SMILES string of the molecule is Cc1nc2c(c(=O)[nH]1)CCC21CCN(C(=O)c2ccc(F)cc2Cl)CC1. The zero-order valence-corrected chi connectivity index (χ0v) is 15.2. The second kappa shape index (κ2) is 6.20. The molecule has 1 aromatic heterocycles. The van der Waals surface area contributed by atoms with E-state index in [9.17, 15) is 14.0 Å². The van der Waals surface area contributed by atoms with Crippen LogP contribution in [0.4, 0.5) is 4.39 Å². The number of amides is 1. The van der Waals surface area contributed by atoms with Crippen molar-refractivity contribution in [1.29, 1.82) is 0 Å². The van der Waals surface area contributed by atoms with Gasteiger partial charge in [0.1, 0.15) is 11.6 Å². The number of piperidine rings is 1. The van der Waals surface area contributed by atoms with E-state index in [0.29, 0.717) is 24.5 Å². The number of nitrogens with zero attached hydrogens (tertiary/aromatic N) is 2. The van der Waals surface area contributed by atoms with E-state index in [1.54, 1.807) is 11.8 Å². The van der Waals surface area contributed by atoms with E-state index in [1.165, 1.54) is 12.1 Å². The minimum absolute atomic E-state index is 0.0408. The third kappa shape index (κ3) is 2.72. The summed E-state index contributed by atoms with van der Waals surface area (Å²) >= 11 is 6.03. The van der Waals surface area contributed by atoms with E-state index in [-0.39, 0.29) is 21.9 Å². The first kappa shape index (κ1) is 17.2. The Hall–Kier alpha value is -2.21. The molecule has 1 aliphatic heterocycles. The van der Waals surface area contributed by atoms with Gasteiger partial charge < -0.3 is 9.88 Å². The smallest absolute Gasteiger partial charge is 0.255 e. The lowest BCUT2D eigenvalue weighted by Gasteiger charge is -2.39. The van der Waals surface area contributed by atoms with Crippen LogP contribution in [0.25, 0.3) is 0 Å². The van der Waals surface area contributed by atoms with Crippen LogP contribution < -0.4 is 5.56 Å². The molecule has 0 atom stereocenters. The summed E-state index contributed by atoms with van der Waals surface area (Å²) in [5.41, 5.74) is 1.85. The standard InChI is InChI=1S/C19H19ClFN3O2/c1-11-22-16-14(17(25)23-11)4-5-19(16)6-8-24(9-7-19)18(26)13-3-2-12(21)10-15(13)20/h2-3,10H,4-9H2,1H3,(H,22,23,25). The highest BCUT2D eigenvalue weighted by Crippen LogP contribution is 2.44. The number of fused-ring (bicyclic) bond motifs is 2. The molecule has 1 saturated heterocycles. The molecule has 1 aliphatic carbocycles. The van der Waals surface area contributed by atoms with Gasteiger partial charge in [-0.1, -0.05) is 11.6 Å². The third-order valence-corrected chi connectivity index (χ3v) is 5.97. The molecule has 26 heavy (non-hydrogen) atoms. The van der Waals surface area contributed by atoms with Crippen LogP contribution in [0.15, 0.2) is 23.0 Å². The average Bonchev–Trinajstić information content (AvgIpc) is 2.94. The van der Waals surface area contributed by atoms with Crippen molar-refractivity contribution in [3.8, 4) is 0 Å². The topological polar surface area (TPSA) is 66.1 Å². The van der Waals surface area contributed by atoms with Crippen molar-refractivity contribution in [1.82, 2.24) is 14.9 Å². The Morgan fingerprint density at radius 1 is 1.31 bits per heavy atom. The summed E-state index contributed by atoms with van der Waals surface area (Å²) in [6, 6.07) is 3.84. The molecule has 0 saturated carbocycles. The number of carbonyl (C=O) groups is 1. The number of hydrogen-bond donors (Lipinski definition) is 1. The van der Waals surface area contributed by atoms with Crippen LogP contribution in [0, 0.1) is 12.7 Å². The van der Waals surface area contributed by atoms with Crippen molar-refractivity contribution < 1.29 is 9.18 Å². The predicted octanol–water partition coefficient (Wildman–Crippen LogP) is 2.99. The molecule has 1 spiro atoms. The van der Waals surface area contributed by atoms with Crippen molar-refractivity contribution in [2.75, 3.05) is 13.1 Å². The normalized spacial score (nSPS) is 18.2. The molecular weight excluding hydrogens is 357 g/mol. The van der Waals surface area contributed by atoms with Crippen LogP contribution in [-0.2, 0) is 11.8 Å². The fraction of sp³-hybridized carbons (Fsp3) is 0.421. The molecule has 1 amide bonds. The van der Waals surface area contributed by atoms with E-state index in [0.717, 1.165) is 43.0 Å². The summed E-state index contributed by atoms with van der Waals surface area (Å²) < 4.78 is 13.2. The van der Waals surface area contributed by atoms with Gasteiger partial charge in [-0.05, 0) is 50.8 Å². The first-order chi connectivity index (χ1) is 12.4. The van der Waals surface area contributed by atoms with Crippen LogP contribution in [0.3, 0.4) is 0 Å². The first-order valence-electron chi connectivity index (χ1n) is 8.74. The summed E-state index contributed by atoms with van der Waals surface area (Å²) in [4.78, 5) is 34.1. The lowest BCUT2D eigenvalue weighted by Crippen LogP contribution is -2.45. The quantitative estimate of drug-likeness (QED) is 0.833. The number of halogens is 2. The van der Waals surface area contributed by atoms with Crippen molar-refractivity contribution in [2.45, 2.75) is 38.0 Å². The summed E-state index contributed by atoms with van der Waals surface area (Å²) in [7, 11) is 0. The van der Waals surface area contributed by atoms with Gasteiger partial charge in [0.05, 0.1) is 16.3 Å². The van der Waals surface area contributed by atoms with Gasteiger partial charge in [0.25, 0.3) is 11.5 Å². The number of likely N-dealkylation sites (tertiary alicyclic amines) is 1. The van der Waals surface area contributed by atoms with E-state index in [1.807, 2.05) is 0 Å². The van der Waals surface area contributed by atoms with Crippen molar-refractivity contribution >= 4 is 17.5 Å². The van der Waals surface area contributed by atoms with Crippen molar-refractivity contribution in [2.24, 2.45) is 0 Å². The van der Waals surface area contributed by atoms with Crippen molar-refractivity contribution in [3.63, 3.8) is 0 Å². The highest BCUT2D eigenvalue weighted by molar-refractivity contribution is 6.33. The Labute approximate surface area is 155 Å². The molecule has 1 fully saturated rings. The number of nitrogens with one attached hydrogen (secondary N) is 1. The number of aromatic nitrogens is 2. The Balaban J connectivity index is 1.56. The van der Waals surface area contributed by atoms with Crippen LogP contribution >= 0.6 is 11.6 Å². The zero-order chi connectivity index (χ0) is 18.5. The molecule has 0 unspecified atom stereocenters. The highest BCUT2D eigenvalue weighted by Gasteiger charge is 2.44. The average molecular weight is 376 g/mol. The number of aromatic amines is 1. The minimum Gasteiger partial charge on any atom is -0.339 e. The maximum absolute atomic E-state index is 13.2. The van der Waals surface area contributed by atoms with Gasteiger partial charge in [0, 0.05) is 24.1 Å². The monoisotopic (exact) mass is 375 g/mol. The lowest BCUT2D eigenvalue weighted by atomic mass is 9.76. The zero-order valence-electron chi connectivity index (χ0n) is 14.4. The molecule has 2 aliphatic rings. The second-order valence-corrected chi connectivity index (χ2v) is 7.58. The van der Waals surface area contributed by atoms with Crippen LogP contribution in [0.5, 0.6) is 0 Å². The van der Waals surface area contributed by atoms with Gasteiger partial charge in [0.2, 0.25) is 0 Å². The second-order valence-electron chi connectivity index (χ2n) is 7.18. The van der Waals surface area contributed by atoms with Gasteiger partial charge in [-0.2, -0.15) is 0 Å². The lowest BCUT2D eigenvalue weighted by molar-refractivity contribution is 0.0663. The molecular formula is C19H19ClFN3O2. The molecule has 7 heteroatoms. The van der Waals surface area contributed by atoms with Gasteiger partial charge in [-0.25, -0.2) is 9.37 Å². The highest BCUT2D eigenvalue weighted by atomic mass is 35.5. The summed E-state index contributed by atoms with van der Waals surface area (Å²) in [6.45, 7) is 2.93. The molecule has 1 aromatic carbocycles. The molecule has 1 N–H and O–H groups in total. The Morgan fingerprint density at radius 2 is 2.04 bits per heavy atom. The number of aryl methyl sites for hydroxylation is 1. The Bertz CT molecular complexity index is 948. The fourth-order valence-corrected chi connectivity index (χ4v) is 4.47. The van der Waals surface area contributed by atoms with Gasteiger partial charge in [-0.3, -0.25) is 9.59 Å². The molecule has 2 aromatic rings. The van der Waals surface area contributed by atoms with Crippen LogP contribution in [0.2, 0.25) is 5.02 Å². The van der Waals surface area contributed by atoms with Gasteiger partial charge in [0.15, 0.2) is 0 Å². The number of hydrogen-bond acceptors (Lipinski definition) is 3. The molecule has 4 rings (SSSR count). The predicted molar refractivity (Wildman–Crippen MR) is 96.1 cm³/mol. The first-order valence-corrected chi connectivity index (χ1v) is 9.12. The Morgan fingerprint density at radius 3 is 2.73 bits per heavy atom. The van der Waals surface area contributed by atoms with E-state index >= 15 is 0 Å². The molecule has 0 radical (unpaired) electrons. The number of carbonyl (C=O) groups excluding carboxylic acids is 1. The summed E-state index contributed by atoms with van der Waals surface area (Å²) in [5.74, 6) is -0.0110. The van der Waals surface area contributed by atoms with E-state index in [4.69, 9.17) is 11.6 Å². The number of rotatable bonds is 1. The van der Waals surface area contributed by atoms with E-state index in [2.05, 4.69) is 9.97 Å². The molecule has 136 valence electrons. The maximum Gasteiger partial charge on any atom is 0.255 e.